The number of hydrogen-bond donors (Lipinski definition) is 2. The second-order valence-electron chi connectivity index (χ2n) is 4.68. The molecule has 0 unspecified atom stereocenters. The fourth-order valence-corrected chi connectivity index (χ4v) is 1.97. The number of amides is 1. The number of ether oxygens (including phenoxy) is 1. The molecule has 0 aromatic heterocycles. The van der Waals surface area contributed by atoms with E-state index in [0.717, 1.165) is 0 Å². The zero-order valence-corrected chi connectivity index (χ0v) is 12.6. The van der Waals surface area contributed by atoms with E-state index in [1.807, 2.05) is 0 Å². The van der Waals surface area contributed by atoms with Gasteiger partial charge in [-0.15, -0.1) is 0 Å². The maximum absolute atomic E-state index is 13.1. The van der Waals surface area contributed by atoms with Crippen molar-refractivity contribution >= 4 is 23.3 Å². The summed E-state index contributed by atoms with van der Waals surface area (Å²) < 4.78 is 18.0. The number of halogens is 1. The molecule has 120 valence electrons. The third-order valence-corrected chi connectivity index (χ3v) is 2.97. The number of rotatable bonds is 6. The van der Waals surface area contributed by atoms with Gasteiger partial charge < -0.3 is 15.4 Å². The Hall–Kier alpha value is -2.89. The van der Waals surface area contributed by atoms with E-state index >= 15 is 0 Å². The van der Waals surface area contributed by atoms with Crippen LogP contribution >= 0.6 is 0 Å². The number of para-hydroxylation sites is 1. The predicted octanol–water partition coefficient (Wildman–Crippen LogP) is 3.05. The molecule has 0 radical (unpaired) electrons. The van der Waals surface area contributed by atoms with Gasteiger partial charge in [0.05, 0.1) is 18.7 Å². The largest absolute Gasteiger partial charge is 0.462 e. The predicted molar refractivity (Wildman–Crippen MR) is 85.9 cm³/mol. The Bertz CT molecular complexity index is 704. The summed E-state index contributed by atoms with van der Waals surface area (Å²) in [6.45, 7) is 1.93. The van der Waals surface area contributed by atoms with Gasteiger partial charge in [0.15, 0.2) is 0 Å². The van der Waals surface area contributed by atoms with Gasteiger partial charge in [0.25, 0.3) is 0 Å². The first-order chi connectivity index (χ1) is 11.1. The third kappa shape index (κ3) is 4.81. The first-order valence-electron chi connectivity index (χ1n) is 7.15. The van der Waals surface area contributed by atoms with Crippen molar-refractivity contribution in [3.8, 4) is 0 Å². The van der Waals surface area contributed by atoms with Crippen LogP contribution in [0.25, 0.3) is 0 Å². The fourth-order valence-electron chi connectivity index (χ4n) is 1.97. The molecular formula is C17H17FN2O3. The minimum atomic E-state index is -0.457. The molecule has 0 saturated carbocycles. The molecule has 6 heteroatoms. The van der Waals surface area contributed by atoms with Gasteiger partial charge in [-0.3, -0.25) is 4.79 Å². The van der Waals surface area contributed by atoms with Gasteiger partial charge in [0.2, 0.25) is 5.91 Å². The summed E-state index contributed by atoms with van der Waals surface area (Å²) in [5, 5.41) is 5.45. The first-order valence-corrected chi connectivity index (χ1v) is 7.15. The van der Waals surface area contributed by atoms with Crippen molar-refractivity contribution in [2.45, 2.75) is 6.92 Å². The van der Waals surface area contributed by atoms with Crippen LogP contribution in [0.15, 0.2) is 48.5 Å². The third-order valence-electron chi connectivity index (χ3n) is 2.97. The van der Waals surface area contributed by atoms with Crippen LogP contribution < -0.4 is 10.6 Å². The Morgan fingerprint density at radius 2 is 1.91 bits per heavy atom. The van der Waals surface area contributed by atoms with Gasteiger partial charge >= 0.3 is 5.97 Å². The average molecular weight is 316 g/mol. The summed E-state index contributed by atoms with van der Waals surface area (Å²) in [5.41, 5.74) is 1.23. The smallest absolute Gasteiger partial charge is 0.340 e. The van der Waals surface area contributed by atoms with E-state index in [4.69, 9.17) is 4.74 Å². The van der Waals surface area contributed by atoms with Crippen molar-refractivity contribution in [3.63, 3.8) is 0 Å². The summed E-state index contributed by atoms with van der Waals surface area (Å²) in [5.74, 6) is -1.24. The highest BCUT2D eigenvalue weighted by molar-refractivity contribution is 5.98. The van der Waals surface area contributed by atoms with E-state index in [1.54, 1.807) is 37.3 Å². The highest BCUT2D eigenvalue weighted by Gasteiger charge is 2.12. The summed E-state index contributed by atoms with van der Waals surface area (Å²) in [4.78, 5) is 23.7. The van der Waals surface area contributed by atoms with Crippen LogP contribution in [-0.2, 0) is 9.53 Å². The number of benzene rings is 2. The maximum Gasteiger partial charge on any atom is 0.340 e. The van der Waals surface area contributed by atoms with Crippen molar-refractivity contribution in [2.24, 2.45) is 0 Å². The Labute approximate surface area is 133 Å². The van der Waals surface area contributed by atoms with E-state index in [1.165, 1.54) is 18.2 Å². The molecule has 2 aromatic carbocycles. The zero-order chi connectivity index (χ0) is 16.7. The molecule has 2 N–H and O–H groups in total. The molecule has 0 atom stereocenters. The van der Waals surface area contributed by atoms with E-state index < -0.39 is 11.8 Å². The fraction of sp³-hybridized carbons (Fsp3) is 0.176. The van der Waals surface area contributed by atoms with Gasteiger partial charge in [-0.1, -0.05) is 18.2 Å². The standard InChI is InChI=1S/C17H17FN2O3/c1-2-23-17(22)14-8-3-4-9-15(14)19-11-16(21)20-13-7-5-6-12(18)10-13/h3-10,19H,2,11H2,1H3,(H,20,21). The van der Waals surface area contributed by atoms with Crippen molar-refractivity contribution < 1.29 is 18.7 Å². The van der Waals surface area contributed by atoms with Gasteiger partial charge in [0, 0.05) is 11.4 Å². The van der Waals surface area contributed by atoms with Crippen molar-refractivity contribution in [2.75, 3.05) is 23.8 Å². The van der Waals surface area contributed by atoms with Crippen LogP contribution in [0, 0.1) is 5.82 Å². The average Bonchev–Trinajstić information content (AvgIpc) is 2.53. The molecule has 2 rings (SSSR count). The van der Waals surface area contributed by atoms with E-state index in [9.17, 15) is 14.0 Å². The lowest BCUT2D eigenvalue weighted by atomic mass is 10.2. The summed E-state index contributed by atoms with van der Waals surface area (Å²) in [7, 11) is 0. The van der Waals surface area contributed by atoms with Crippen LogP contribution in [0.1, 0.15) is 17.3 Å². The summed E-state index contributed by atoms with van der Waals surface area (Å²) in [6.07, 6.45) is 0. The van der Waals surface area contributed by atoms with Crippen molar-refractivity contribution in [3.05, 3.63) is 59.9 Å². The zero-order valence-electron chi connectivity index (χ0n) is 12.6. The highest BCUT2D eigenvalue weighted by Crippen LogP contribution is 2.16. The molecule has 0 heterocycles. The normalized spacial score (nSPS) is 10.0. The molecule has 0 aliphatic carbocycles. The number of hydrogen-bond acceptors (Lipinski definition) is 4. The molecule has 2 aromatic rings. The molecule has 0 spiro atoms. The van der Waals surface area contributed by atoms with Gasteiger partial charge in [-0.05, 0) is 37.3 Å². The number of esters is 1. The second kappa shape index (κ2) is 7.93. The molecule has 23 heavy (non-hydrogen) atoms. The Balaban J connectivity index is 1.98. The quantitative estimate of drug-likeness (QED) is 0.804. The SMILES string of the molecule is CCOC(=O)c1ccccc1NCC(=O)Nc1cccc(F)c1. The number of nitrogens with one attached hydrogen (secondary N) is 2. The van der Waals surface area contributed by atoms with Gasteiger partial charge in [0.1, 0.15) is 5.82 Å². The van der Waals surface area contributed by atoms with E-state index in [2.05, 4.69) is 10.6 Å². The van der Waals surface area contributed by atoms with Crippen molar-refractivity contribution in [1.29, 1.82) is 0 Å². The molecule has 0 saturated heterocycles. The number of carbonyl (C=O) groups excluding carboxylic acids is 2. The van der Waals surface area contributed by atoms with Crippen molar-refractivity contribution in [1.82, 2.24) is 0 Å². The Kier molecular flexibility index (Phi) is 5.68. The number of anilines is 2. The summed E-state index contributed by atoms with van der Waals surface area (Å²) >= 11 is 0. The lowest BCUT2D eigenvalue weighted by Crippen LogP contribution is -2.22. The van der Waals surface area contributed by atoms with Crippen LogP contribution in [0.4, 0.5) is 15.8 Å². The molecular weight excluding hydrogens is 299 g/mol. The molecule has 0 bridgehead atoms. The molecule has 5 nitrogen and oxygen atoms in total. The second-order valence-corrected chi connectivity index (χ2v) is 4.68. The minimum Gasteiger partial charge on any atom is -0.462 e. The molecule has 0 aliphatic heterocycles. The lowest BCUT2D eigenvalue weighted by Gasteiger charge is -2.11. The Morgan fingerprint density at radius 1 is 1.13 bits per heavy atom. The van der Waals surface area contributed by atoms with Crippen LogP contribution in [0.2, 0.25) is 0 Å². The maximum atomic E-state index is 13.1. The Morgan fingerprint density at radius 3 is 2.65 bits per heavy atom. The van der Waals surface area contributed by atoms with Gasteiger partial charge in [-0.25, -0.2) is 9.18 Å². The highest BCUT2D eigenvalue weighted by atomic mass is 19.1. The molecule has 0 aliphatic rings. The monoisotopic (exact) mass is 316 g/mol. The minimum absolute atomic E-state index is 0.0626. The van der Waals surface area contributed by atoms with E-state index in [0.29, 0.717) is 16.9 Å². The topological polar surface area (TPSA) is 67.4 Å². The molecule has 0 fully saturated rings. The molecule has 1 amide bonds. The van der Waals surface area contributed by atoms with Crippen LogP contribution in [0.3, 0.4) is 0 Å². The van der Waals surface area contributed by atoms with Crippen LogP contribution in [0.5, 0.6) is 0 Å². The van der Waals surface area contributed by atoms with Crippen LogP contribution in [-0.4, -0.2) is 25.0 Å². The number of carbonyl (C=O) groups is 2. The van der Waals surface area contributed by atoms with E-state index in [-0.39, 0.29) is 19.1 Å². The van der Waals surface area contributed by atoms with Gasteiger partial charge in [-0.2, -0.15) is 0 Å². The lowest BCUT2D eigenvalue weighted by molar-refractivity contribution is -0.114. The first kappa shape index (κ1) is 16.5. The summed E-state index contributed by atoms with van der Waals surface area (Å²) in [6, 6.07) is 12.4.